The van der Waals surface area contributed by atoms with Crippen molar-refractivity contribution in [2.75, 3.05) is 20.2 Å². The third kappa shape index (κ3) is 5.41. The predicted octanol–water partition coefficient (Wildman–Crippen LogP) is -1.79. The van der Waals surface area contributed by atoms with Crippen LogP contribution < -0.4 is 5.56 Å². The number of hydrogen-bond acceptors (Lipinski definition) is 9. The van der Waals surface area contributed by atoms with Gasteiger partial charge in [0.25, 0.3) is 11.5 Å². The van der Waals surface area contributed by atoms with Gasteiger partial charge in [-0.25, -0.2) is 0 Å². The Balaban J connectivity index is 2.24. The molecule has 2 rings (SSSR count). The van der Waals surface area contributed by atoms with Crippen LogP contribution in [0, 0.1) is 0 Å². The topological polar surface area (TPSA) is 177 Å². The lowest BCUT2D eigenvalue weighted by atomic mass is 10.0. The maximum absolute atomic E-state index is 12.7. The van der Waals surface area contributed by atoms with Crippen LogP contribution in [0.2, 0.25) is 0 Å². The van der Waals surface area contributed by atoms with Crippen LogP contribution in [0.4, 0.5) is 0 Å². The van der Waals surface area contributed by atoms with Crippen LogP contribution in [-0.4, -0.2) is 95.8 Å². The van der Waals surface area contributed by atoms with E-state index in [1.807, 2.05) is 0 Å². The van der Waals surface area contributed by atoms with E-state index in [9.17, 15) is 35.1 Å². The average molecular weight is 488 g/mol. The highest BCUT2D eigenvalue weighted by atomic mass is 79.9. The van der Waals surface area contributed by atoms with Gasteiger partial charge in [-0.1, -0.05) is 15.9 Å². The largest absolute Gasteiger partial charge is 0.505 e. The molecule has 0 aliphatic rings. The number of nitrogens with zero attached hydrogens (tertiary/aromatic N) is 3. The van der Waals surface area contributed by atoms with Crippen LogP contribution >= 0.6 is 15.9 Å². The molecular formula is C18H22BrN3O8. The summed E-state index contributed by atoms with van der Waals surface area (Å²) in [7, 11) is 1.24. The molecule has 1 aromatic carbocycles. The first kappa shape index (κ1) is 23.9. The van der Waals surface area contributed by atoms with E-state index in [2.05, 4.69) is 21.0 Å². The lowest BCUT2D eigenvalue weighted by Gasteiger charge is -2.28. The van der Waals surface area contributed by atoms with Crippen LogP contribution in [0.1, 0.15) is 10.5 Å². The van der Waals surface area contributed by atoms with Crippen molar-refractivity contribution >= 4 is 21.8 Å². The number of aromatic hydroxyl groups is 1. The van der Waals surface area contributed by atoms with Gasteiger partial charge in [-0.3, -0.25) is 9.59 Å². The minimum absolute atomic E-state index is 0.344. The van der Waals surface area contributed by atoms with E-state index in [4.69, 9.17) is 5.11 Å². The molecule has 0 saturated carbocycles. The Morgan fingerprint density at radius 3 is 2.27 bits per heavy atom. The van der Waals surface area contributed by atoms with Crippen LogP contribution in [0.3, 0.4) is 0 Å². The summed E-state index contributed by atoms with van der Waals surface area (Å²) in [6, 6.07) is 7.28. The molecule has 0 aliphatic heterocycles. The van der Waals surface area contributed by atoms with Gasteiger partial charge in [0.05, 0.1) is 12.3 Å². The zero-order chi connectivity index (χ0) is 22.6. The number of carbonyl (C=O) groups is 1. The Labute approximate surface area is 179 Å². The third-order valence-electron chi connectivity index (χ3n) is 4.32. The maximum atomic E-state index is 12.7. The van der Waals surface area contributed by atoms with Crippen molar-refractivity contribution in [2.45, 2.75) is 24.4 Å². The smallest absolute Gasteiger partial charge is 0.278 e. The van der Waals surface area contributed by atoms with Crippen molar-refractivity contribution in [1.82, 2.24) is 14.7 Å². The first-order chi connectivity index (χ1) is 14.1. The van der Waals surface area contributed by atoms with E-state index in [1.165, 1.54) is 7.05 Å². The first-order valence-electron chi connectivity index (χ1n) is 8.74. The van der Waals surface area contributed by atoms with Gasteiger partial charge in [0.1, 0.15) is 24.4 Å². The molecule has 0 radical (unpaired) electrons. The second-order valence-corrected chi connectivity index (χ2v) is 7.50. The molecule has 0 fully saturated rings. The fourth-order valence-electron chi connectivity index (χ4n) is 2.58. The van der Waals surface area contributed by atoms with Crippen LogP contribution in [0.25, 0.3) is 5.69 Å². The predicted molar refractivity (Wildman–Crippen MR) is 107 cm³/mol. The van der Waals surface area contributed by atoms with E-state index in [0.717, 1.165) is 20.1 Å². The highest BCUT2D eigenvalue weighted by Crippen LogP contribution is 2.17. The fraction of sp³-hybridized carbons (Fsp3) is 0.389. The van der Waals surface area contributed by atoms with Gasteiger partial charge in [-0.15, -0.1) is 0 Å². The Morgan fingerprint density at radius 2 is 1.70 bits per heavy atom. The number of hydrogen-bond donors (Lipinski definition) is 6. The molecule has 11 nitrogen and oxygen atoms in total. The molecule has 0 aliphatic carbocycles. The molecule has 30 heavy (non-hydrogen) atoms. The molecule has 0 spiro atoms. The van der Waals surface area contributed by atoms with E-state index in [-0.39, 0.29) is 0 Å². The summed E-state index contributed by atoms with van der Waals surface area (Å²) in [5.41, 5.74) is -0.806. The summed E-state index contributed by atoms with van der Waals surface area (Å²) in [5.74, 6) is -1.54. The van der Waals surface area contributed by atoms with Gasteiger partial charge in [0.15, 0.2) is 11.4 Å². The minimum atomic E-state index is -1.86. The third-order valence-corrected chi connectivity index (χ3v) is 4.85. The molecule has 0 saturated heterocycles. The number of likely N-dealkylation sites (N-methyl/N-ethyl adjacent to an activating group) is 1. The lowest BCUT2D eigenvalue weighted by Crippen LogP contribution is -2.50. The van der Waals surface area contributed by atoms with E-state index in [1.54, 1.807) is 24.3 Å². The SMILES string of the molecule is CN(CC(O)C(O)C(O)C(O)CO)C(=O)c1nn(-c2ccc(Br)cc2)c(=O)cc1O. The van der Waals surface area contributed by atoms with Crippen molar-refractivity contribution in [3.63, 3.8) is 0 Å². The van der Waals surface area contributed by atoms with Crippen molar-refractivity contribution in [3.8, 4) is 11.4 Å². The number of halogens is 1. The Hall–Kier alpha value is -2.35. The highest BCUT2D eigenvalue weighted by Gasteiger charge is 2.32. The maximum Gasteiger partial charge on any atom is 0.278 e. The van der Waals surface area contributed by atoms with Crippen LogP contribution in [0.5, 0.6) is 5.75 Å². The fourth-order valence-corrected chi connectivity index (χ4v) is 2.85. The molecule has 4 atom stereocenters. The van der Waals surface area contributed by atoms with Gasteiger partial charge in [-0.2, -0.15) is 9.78 Å². The highest BCUT2D eigenvalue weighted by molar-refractivity contribution is 9.10. The number of benzene rings is 1. The van der Waals surface area contributed by atoms with Crippen molar-refractivity contribution in [3.05, 3.63) is 50.9 Å². The summed E-state index contributed by atoms with van der Waals surface area (Å²) < 4.78 is 1.68. The zero-order valence-corrected chi connectivity index (χ0v) is 17.4. The van der Waals surface area contributed by atoms with Gasteiger partial charge in [0.2, 0.25) is 0 Å². The standard InChI is InChI=1S/C18H22BrN3O8/c1-21(7-12(25)16(28)17(29)13(26)8-23)18(30)15-11(24)6-14(27)22(20-15)10-4-2-9(19)3-5-10/h2-6,12-13,16-17,23-26,28-29H,7-8H2,1H3. The summed E-state index contributed by atoms with van der Waals surface area (Å²) in [4.78, 5) is 25.7. The van der Waals surface area contributed by atoms with Gasteiger partial charge < -0.3 is 35.5 Å². The normalized spacial score (nSPS) is 15.3. The second kappa shape index (κ2) is 10.1. The van der Waals surface area contributed by atoms with Gasteiger partial charge in [0, 0.05) is 24.1 Å². The second-order valence-electron chi connectivity index (χ2n) is 6.59. The number of aromatic nitrogens is 2. The Kier molecular flexibility index (Phi) is 8.06. The quantitative estimate of drug-likeness (QED) is 0.251. The number of carbonyl (C=O) groups excluding carboxylic acids is 1. The Morgan fingerprint density at radius 1 is 1.13 bits per heavy atom. The number of aliphatic hydroxyl groups is 5. The van der Waals surface area contributed by atoms with Crippen LogP contribution in [-0.2, 0) is 0 Å². The van der Waals surface area contributed by atoms with Gasteiger partial charge >= 0.3 is 0 Å². The first-order valence-corrected chi connectivity index (χ1v) is 9.54. The van der Waals surface area contributed by atoms with E-state index in [0.29, 0.717) is 5.69 Å². The average Bonchev–Trinajstić information content (AvgIpc) is 2.72. The molecular weight excluding hydrogens is 466 g/mol. The molecule has 4 unspecified atom stereocenters. The lowest BCUT2D eigenvalue weighted by molar-refractivity contribution is -0.117. The van der Waals surface area contributed by atoms with Crippen LogP contribution in [0.15, 0.2) is 39.6 Å². The summed E-state index contributed by atoms with van der Waals surface area (Å²) in [5, 5.41) is 61.7. The minimum Gasteiger partial charge on any atom is -0.505 e. The monoisotopic (exact) mass is 487 g/mol. The number of aliphatic hydroxyl groups excluding tert-OH is 5. The molecule has 6 N–H and O–H groups in total. The number of amides is 1. The Bertz CT molecular complexity index is 936. The van der Waals surface area contributed by atoms with E-state index < -0.39 is 60.5 Å². The molecule has 1 heterocycles. The molecule has 1 amide bonds. The van der Waals surface area contributed by atoms with Gasteiger partial charge in [-0.05, 0) is 24.3 Å². The summed E-state index contributed by atoms with van der Waals surface area (Å²) >= 11 is 3.26. The van der Waals surface area contributed by atoms with Crippen molar-refractivity contribution in [1.29, 1.82) is 0 Å². The number of rotatable bonds is 8. The van der Waals surface area contributed by atoms with Crippen molar-refractivity contribution in [2.24, 2.45) is 0 Å². The zero-order valence-electron chi connectivity index (χ0n) is 15.8. The molecule has 164 valence electrons. The molecule has 0 bridgehead atoms. The van der Waals surface area contributed by atoms with Crippen molar-refractivity contribution < 1.29 is 35.4 Å². The molecule has 12 heteroatoms. The summed E-state index contributed by atoms with van der Waals surface area (Å²) in [6.07, 6.45) is -7.08. The van der Waals surface area contributed by atoms with E-state index >= 15 is 0 Å². The molecule has 1 aromatic heterocycles. The summed E-state index contributed by atoms with van der Waals surface area (Å²) in [6.45, 7) is -1.34. The molecule has 2 aromatic rings.